The second-order valence-corrected chi connectivity index (χ2v) is 4.28. The molecule has 90 valence electrons. The SMILES string of the molecule is CC(C)C(N)CCN(C)C(=O)c1cn[nH]n1. The molecular weight excluding hydrogens is 206 g/mol. The summed E-state index contributed by atoms with van der Waals surface area (Å²) >= 11 is 0. The average Bonchev–Trinajstić information content (AvgIpc) is 2.77. The fourth-order valence-electron chi connectivity index (χ4n) is 1.28. The second kappa shape index (κ2) is 5.60. The predicted octanol–water partition coefficient (Wildman–Crippen LogP) is 0.250. The Morgan fingerprint density at radius 1 is 1.62 bits per heavy atom. The summed E-state index contributed by atoms with van der Waals surface area (Å²) in [4.78, 5) is 13.4. The van der Waals surface area contributed by atoms with Gasteiger partial charge in [-0.3, -0.25) is 4.79 Å². The molecule has 1 aromatic heterocycles. The van der Waals surface area contributed by atoms with E-state index in [-0.39, 0.29) is 11.9 Å². The Labute approximate surface area is 95.2 Å². The van der Waals surface area contributed by atoms with Crippen molar-refractivity contribution in [3.8, 4) is 0 Å². The Bertz CT molecular complexity index is 322. The van der Waals surface area contributed by atoms with Gasteiger partial charge in [-0.05, 0) is 12.3 Å². The molecule has 0 aliphatic rings. The van der Waals surface area contributed by atoms with Crippen molar-refractivity contribution in [3.63, 3.8) is 0 Å². The van der Waals surface area contributed by atoms with Crippen molar-refractivity contribution in [1.82, 2.24) is 20.3 Å². The molecule has 1 atom stereocenters. The summed E-state index contributed by atoms with van der Waals surface area (Å²) in [6.45, 7) is 4.78. The number of amides is 1. The summed E-state index contributed by atoms with van der Waals surface area (Å²) in [6.07, 6.45) is 2.21. The van der Waals surface area contributed by atoms with E-state index in [1.54, 1.807) is 11.9 Å². The van der Waals surface area contributed by atoms with E-state index >= 15 is 0 Å². The Morgan fingerprint density at radius 2 is 2.31 bits per heavy atom. The van der Waals surface area contributed by atoms with Gasteiger partial charge in [-0.2, -0.15) is 15.4 Å². The van der Waals surface area contributed by atoms with Gasteiger partial charge in [-0.25, -0.2) is 0 Å². The molecule has 0 fully saturated rings. The number of aromatic amines is 1. The molecule has 1 aromatic rings. The molecule has 1 rings (SSSR count). The van der Waals surface area contributed by atoms with Gasteiger partial charge in [-0.15, -0.1) is 0 Å². The molecule has 0 saturated heterocycles. The molecule has 3 N–H and O–H groups in total. The van der Waals surface area contributed by atoms with Crippen LogP contribution < -0.4 is 5.73 Å². The molecule has 0 aliphatic heterocycles. The molecule has 0 aromatic carbocycles. The number of H-pyrrole nitrogens is 1. The van der Waals surface area contributed by atoms with Gasteiger partial charge in [0.2, 0.25) is 0 Å². The van der Waals surface area contributed by atoms with Crippen LogP contribution in [-0.2, 0) is 0 Å². The Hall–Kier alpha value is -1.43. The molecule has 1 unspecified atom stereocenters. The zero-order valence-corrected chi connectivity index (χ0v) is 9.97. The van der Waals surface area contributed by atoms with Crippen LogP contribution in [0.5, 0.6) is 0 Å². The molecule has 0 saturated carbocycles. The fourth-order valence-corrected chi connectivity index (χ4v) is 1.28. The number of rotatable bonds is 5. The first kappa shape index (κ1) is 12.6. The summed E-state index contributed by atoms with van der Waals surface area (Å²) in [5, 5.41) is 9.76. The molecule has 0 spiro atoms. The highest BCUT2D eigenvalue weighted by Gasteiger charge is 2.16. The van der Waals surface area contributed by atoms with E-state index in [2.05, 4.69) is 29.3 Å². The first-order valence-corrected chi connectivity index (χ1v) is 5.39. The molecule has 6 heteroatoms. The molecule has 1 amide bonds. The highest BCUT2D eigenvalue weighted by molar-refractivity contribution is 5.91. The van der Waals surface area contributed by atoms with Crippen LogP contribution in [0.15, 0.2) is 6.20 Å². The topological polar surface area (TPSA) is 87.9 Å². The number of hydrogen-bond donors (Lipinski definition) is 2. The van der Waals surface area contributed by atoms with Crippen LogP contribution in [0.2, 0.25) is 0 Å². The number of nitrogens with two attached hydrogens (primary N) is 1. The standard InChI is InChI=1S/C10H19N5O/c1-7(2)8(11)4-5-15(3)10(16)9-6-12-14-13-9/h6-8H,4-5,11H2,1-3H3,(H,12,13,14). The molecule has 6 nitrogen and oxygen atoms in total. The lowest BCUT2D eigenvalue weighted by molar-refractivity contribution is 0.0783. The minimum Gasteiger partial charge on any atom is -0.340 e. The highest BCUT2D eigenvalue weighted by atomic mass is 16.2. The van der Waals surface area contributed by atoms with Crippen LogP contribution in [0.4, 0.5) is 0 Å². The van der Waals surface area contributed by atoms with E-state index in [0.717, 1.165) is 6.42 Å². The first-order chi connectivity index (χ1) is 7.52. The predicted molar refractivity (Wildman–Crippen MR) is 60.8 cm³/mol. The van der Waals surface area contributed by atoms with E-state index in [1.807, 2.05) is 0 Å². The highest BCUT2D eigenvalue weighted by Crippen LogP contribution is 2.05. The van der Waals surface area contributed by atoms with Crippen molar-refractivity contribution < 1.29 is 4.79 Å². The summed E-state index contributed by atoms with van der Waals surface area (Å²) in [5.74, 6) is 0.292. The number of aromatic nitrogens is 3. The number of nitrogens with one attached hydrogen (secondary N) is 1. The van der Waals surface area contributed by atoms with Gasteiger partial charge >= 0.3 is 0 Å². The lowest BCUT2D eigenvalue weighted by atomic mass is 10.0. The smallest absolute Gasteiger partial charge is 0.275 e. The first-order valence-electron chi connectivity index (χ1n) is 5.39. The normalized spacial score (nSPS) is 12.8. The average molecular weight is 225 g/mol. The van der Waals surface area contributed by atoms with Crippen LogP contribution in [0, 0.1) is 5.92 Å². The maximum Gasteiger partial charge on any atom is 0.275 e. The van der Waals surface area contributed by atoms with Crippen LogP contribution in [0.3, 0.4) is 0 Å². The number of nitrogens with zero attached hydrogens (tertiary/aromatic N) is 3. The summed E-state index contributed by atoms with van der Waals surface area (Å²) < 4.78 is 0. The lowest BCUT2D eigenvalue weighted by Crippen LogP contribution is -2.34. The van der Waals surface area contributed by atoms with Gasteiger partial charge in [0.1, 0.15) is 0 Å². The van der Waals surface area contributed by atoms with Crippen LogP contribution >= 0.6 is 0 Å². The Balaban J connectivity index is 2.41. The number of carbonyl (C=O) groups is 1. The molecule has 16 heavy (non-hydrogen) atoms. The second-order valence-electron chi connectivity index (χ2n) is 4.28. The van der Waals surface area contributed by atoms with Crippen LogP contribution in [-0.4, -0.2) is 45.9 Å². The maximum atomic E-state index is 11.8. The number of hydrogen-bond acceptors (Lipinski definition) is 4. The number of carbonyl (C=O) groups excluding carboxylic acids is 1. The molecule has 0 aliphatic carbocycles. The van der Waals surface area contributed by atoms with Crippen LogP contribution in [0.1, 0.15) is 30.8 Å². The van der Waals surface area contributed by atoms with Crippen molar-refractivity contribution in [2.45, 2.75) is 26.3 Å². The van der Waals surface area contributed by atoms with Crippen molar-refractivity contribution in [2.24, 2.45) is 11.7 Å². The minimum absolute atomic E-state index is 0.118. The third-order valence-corrected chi connectivity index (χ3v) is 2.63. The van der Waals surface area contributed by atoms with E-state index in [0.29, 0.717) is 18.2 Å². The Kier molecular flexibility index (Phi) is 4.42. The van der Waals surface area contributed by atoms with Crippen molar-refractivity contribution in [3.05, 3.63) is 11.9 Å². The van der Waals surface area contributed by atoms with Crippen molar-refractivity contribution in [1.29, 1.82) is 0 Å². The molecule has 0 bridgehead atoms. The molecule has 0 radical (unpaired) electrons. The summed E-state index contributed by atoms with van der Waals surface area (Å²) in [6, 6.07) is 0.118. The Morgan fingerprint density at radius 3 is 2.81 bits per heavy atom. The zero-order valence-electron chi connectivity index (χ0n) is 9.97. The fraction of sp³-hybridized carbons (Fsp3) is 0.700. The maximum absolute atomic E-state index is 11.8. The van der Waals surface area contributed by atoms with Gasteiger partial charge in [0.05, 0.1) is 6.20 Å². The van der Waals surface area contributed by atoms with Crippen molar-refractivity contribution >= 4 is 5.91 Å². The van der Waals surface area contributed by atoms with E-state index < -0.39 is 0 Å². The van der Waals surface area contributed by atoms with Crippen molar-refractivity contribution in [2.75, 3.05) is 13.6 Å². The van der Waals surface area contributed by atoms with Gasteiger partial charge in [0, 0.05) is 19.6 Å². The summed E-state index contributed by atoms with van der Waals surface area (Å²) in [7, 11) is 1.74. The van der Waals surface area contributed by atoms with E-state index in [9.17, 15) is 4.79 Å². The third kappa shape index (κ3) is 3.30. The molecular formula is C10H19N5O. The monoisotopic (exact) mass is 225 g/mol. The lowest BCUT2D eigenvalue weighted by Gasteiger charge is -2.20. The van der Waals surface area contributed by atoms with Crippen LogP contribution in [0.25, 0.3) is 0 Å². The third-order valence-electron chi connectivity index (χ3n) is 2.63. The van der Waals surface area contributed by atoms with E-state index in [1.165, 1.54) is 6.20 Å². The zero-order chi connectivity index (χ0) is 12.1. The van der Waals surface area contributed by atoms with Gasteiger partial charge < -0.3 is 10.6 Å². The van der Waals surface area contributed by atoms with Gasteiger partial charge in [-0.1, -0.05) is 13.8 Å². The van der Waals surface area contributed by atoms with E-state index in [4.69, 9.17) is 5.73 Å². The molecule has 1 heterocycles. The largest absolute Gasteiger partial charge is 0.340 e. The summed E-state index contributed by atoms with van der Waals surface area (Å²) in [5.41, 5.74) is 6.25. The minimum atomic E-state index is -0.135. The van der Waals surface area contributed by atoms with Gasteiger partial charge in [0.25, 0.3) is 5.91 Å². The van der Waals surface area contributed by atoms with Gasteiger partial charge in [0.15, 0.2) is 5.69 Å². The quantitative estimate of drug-likeness (QED) is 0.752.